The normalized spacial score (nSPS) is 24.0. The summed E-state index contributed by atoms with van der Waals surface area (Å²) >= 11 is 0. The minimum Gasteiger partial charge on any atom is -0.496 e. The fraction of sp³-hybridized carbons (Fsp3) is 0.400. The highest BCUT2D eigenvalue weighted by molar-refractivity contribution is 5.88. The summed E-state index contributed by atoms with van der Waals surface area (Å²) < 4.78 is 20.0. The van der Waals surface area contributed by atoms with Crippen molar-refractivity contribution < 1.29 is 19.0 Å². The number of hydrogen-bond donors (Lipinski definition) is 2. The number of fused-ring (bicyclic) bond motifs is 2. The van der Waals surface area contributed by atoms with Gasteiger partial charge in [-0.15, -0.1) is 0 Å². The number of aryl methyl sites for hydroxylation is 1. The van der Waals surface area contributed by atoms with Gasteiger partial charge in [-0.1, -0.05) is 12.1 Å². The fourth-order valence-corrected chi connectivity index (χ4v) is 5.39. The number of carboxylic acid groups (broad SMARTS) is 1. The van der Waals surface area contributed by atoms with Crippen molar-refractivity contribution in [3.63, 3.8) is 0 Å². The number of benzene rings is 2. The second kappa shape index (κ2) is 8.22. The molecule has 0 bridgehead atoms. The Morgan fingerprint density at radius 1 is 1.22 bits per heavy atom. The highest BCUT2D eigenvalue weighted by atomic mass is 19.1. The lowest BCUT2D eigenvalue weighted by Gasteiger charge is -2.44. The number of aromatic amines is 1. The molecule has 2 fully saturated rings. The van der Waals surface area contributed by atoms with Crippen LogP contribution in [0.4, 0.5) is 4.39 Å². The molecule has 0 amide bonds. The van der Waals surface area contributed by atoms with Crippen LogP contribution in [0.2, 0.25) is 0 Å². The molecule has 0 radical (unpaired) electrons. The number of carboxylic acids is 1. The summed E-state index contributed by atoms with van der Waals surface area (Å²) in [4.78, 5) is 19.3. The molecule has 5 rings (SSSR count). The Balaban J connectivity index is 1.52. The number of carbonyl (C=O) groups is 1. The quantitative estimate of drug-likeness (QED) is 0.628. The minimum atomic E-state index is -0.934. The van der Waals surface area contributed by atoms with Crippen molar-refractivity contribution in [2.45, 2.75) is 38.1 Å². The number of ether oxygens (including phenoxy) is 1. The molecule has 1 aromatic heterocycles. The van der Waals surface area contributed by atoms with Gasteiger partial charge >= 0.3 is 5.97 Å². The summed E-state index contributed by atoms with van der Waals surface area (Å²) in [5, 5.41) is 10.4. The van der Waals surface area contributed by atoms with Gasteiger partial charge in [0.05, 0.1) is 12.7 Å². The standard InChI is InChI=1S/C25H28FN3O3/c1-15-9-23(32-2)21(20-7-8-27-24(15)20)13-29-12-19-10-18(26)11-28(19)14-22(29)16-3-5-17(6-4-16)25(30)31/h3-9,18-19,22,27H,10-14H2,1-2H3,(H,30,31)/t18-,19?,22-/m0/s1. The maximum Gasteiger partial charge on any atom is 0.335 e. The zero-order valence-corrected chi connectivity index (χ0v) is 18.3. The van der Waals surface area contributed by atoms with Crippen LogP contribution in [0.5, 0.6) is 5.75 Å². The average molecular weight is 438 g/mol. The van der Waals surface area contributed by atoms with Crippen LogP contribution < -0.4 is 4.74 Å². The van der Waals surface area contributed by atoms with Crippen LogP contribution in [0.25, 0.3) is 10.9 Å². The molecule has 3 atom stereocenters. The van der Waals surface area contributed by atoms with E-state index >= 15 is 0 Å². The molecule has 7 heteroatoms. The fourth-order valence-electron chi connectivity index (χ4n) is 5.39. The summed E-state index contributed by atoms with van der Waals surface area (Å²) in [6.45, 7) is 4.69. The SMILES string of the molecule is COc1cc(C)c2[nH]ccc2c1CN1CC2C[C@H](F)CN2C[C@H]1c1ccc(C(=O)O)cc1. The molecule has 3 aromatic rings. The Kier molecular flexibility index (Phi) is 5.39. The van der Waals surface area contributed by atoms with E-state index in [9.17, 15) is 14.3 Å². The van der Waals surface area contributed by atoms with Crippen LogP contribution in [0, 0.1) is 6.92 Å². The molecule has 0 aliphatic carbocycles. The van der Waals surface area contributed by atoms with E-state index in [1.54, 1.807) is 19.2 Å². The molecule has 2 aliphatic heterocycles. The van der Waals surface area contributed by atoms with Gasteiger partial charge in [0.1, 0.15) is 11.9 Å². The summed E-state index contributed by atoms with van der Waals surface area (Å²) in [5.41, 5.74) is 4.67. The summed E-state index contributed by atoms with van der Waals surface area (Å²) in [6.07, 6.45) is 1.72. The smallest absolute Gasteiger partial charge is 0.335 e. The molecule has 168 valence electrons. The van der Waals surface area contributed by atoms with E-state index < -0.39 is 12.1 Å². The third-order valence-electron chi connectivity index (χ3n) is 7.01. The first-order valence-corrected chi connectivity index (χ1v) is 11.0. The van der Waals surface area contributed by atoms with Crippen molar-refractivity contribution in [3.8, 4) is 5.75 Å². The Labute approximate surface area is 186 Å². The first kappa shape index (κ1) is 21.0. The second-order valence-electron chi connectivity index (χ2n) is 8.95. The lowest BCUT2D eigenvalue weighted by molar-refractivity contribution is 0.0441. The number of methoxy groups -OCH3 is 1. The van der Waals surface area contributed by atoms with E-state index in [-0.39, 0.29) is 17.6 Å². The molecule has 2 aliphatic rings. The second-order valence-corrected chi connectivity index (χ2v) is 8.95. The third kappa shape index (κ3) is 3.65. The number of aromatic nitrogens is 1. The zero-order valence-electron chi connectivity index (χ0n) is 18.3. The molecule has 3 heterocycles. The molecule has 1 unspecified atom stereocenters. The predicted octanol–water partition coefficient (Wildman–Crippen LogP) is 4.15. The number of rotatable bonds is 5. The van der Waals surface area contributed by atoms with Gasteiger partial charge in [0.15, 0.2) is 0 Å². The van der Waals surface area contributed by atoms with Gasteiger partial charge in [-0.25, -0.2) is 9.18 Å². The number of hydrogen-bond acceptors (Lipinski definition) is 4. The predicted molar refractivity (Wildman–Crippen MR) is 121 cm³/mol. The van der Waals surface area contributed by atoms with Crippen LogP contribution in [0.1, 0.15) is 39.5 Å². The molecular weight excluding hydrogens is 409 g/mol. The van der Waals surface area contributed by atoms with Gasteiger partial charge in [0.25, 0.3) is 0 Å². The highest BCUT2D eigenvalue weighted by Gasteiger charge is 2.41. The van der Waals surface area contributed by atoms with Crippen LogP contribution in [0.15, 0.2) is 42.6 Å². The Hall–Kier alpha value is -2.90. The van der Waals surface area contributed by atoms with E-state index in [0.717, 1.165) is 46.4 Å². The average Bonchev–Trinajstić information content (AvgIpc) is 3.41. The maximum atomic E-state index is 14.2. The van der Waals surface area contributed by atoms with Gasteiger partial charge < -0.3 is 14.8 Å². The molecule has 0 spiro atoms. The van der Waals surface area contributed by atoms with E-state index in [2.05, 4.69) is 33.8 Å². The first-order valence-electron chi connectivity index (χ1n) is 11.0. The summed E-state index contributed by atoms with van der Waals surface area (Å²) in [5.74, 6) is -0.0806. The topological polar surface area (TPSA) is 68.8 Å². The summed E-state index contributed by atoms with van der Waals surface area (Å²) in [7, 11) is 1.70. The van der Waals surface area contributed by atoms with Gasteiger partial charge in [-0.05, 0) is 48.7 Å². The lowest BCUT2D eigenvalue weighted by atomic mass is 9.96. The third-order valence-corrected chi connectivity index (χ3v) is 7.01. The van der Waals surface area contributed by atoms with E-state index in [0.29, 0.717) is 19.5 Å². The van der Waals surface area contributed by atoms with Crippen LogP contribution >= 0.6 is 0 Å². The maximum absolute atomic E-state index is 14.2. The van der Waals surface area contributed by atoms with Crippen molar-refractivity contribution in [1.29, 1.82) is 0 Å². The van der Waals surface area contributed by atoms with Crippen LogP contribution in [-0.2, 0) is 6.54 Å². The van der Waals surface area contributed by atoms with Gasteiger partial charge in [-0.3, -0.25) is 9.80 Å². The lowest BCUT2D eigenvalue weighted by Crippen LogP contribution is -2.51. The number of alkyl halides is 1. The van der Waals surface area contributed by atoms with Crippen molar-refractivity contribution in [2.24, 2.45) is 0 Å². The van der Waals surface area contributed by atoms with Crippen LogP contribution in [0.3, 0.4) is 0 Å². The number of piperazine rings is 1. The molecule has 2 aromatic carbocycles. The molecule has 2 N–H and O–H groups in total. The minimum absolute atomic E-state index is 0.0411. The molecule has 6 nitrogen and oxygen atoms in total. The van der Waals surface area contributed by atoms with Crippen molar-refractivity contribution >= 4 is 16.9 Å². The molecule has 2 saturated heterocycles. The van der Waals surface area contributed by atoms with Gasteiger partial charge in [-0.2, -0.15) is 0 Å². The zero-order chi connectivity index (χ0) is 22.4. The number of nitrogens with zero attached hydrogens (tertiary/aromatic N) is 2. The van der Waals surface area contributed by atoms with Crippen molar-refractivity contribution in [2.75, 3.05) is 26.7 Å². The molecular formula is C25H28FN3O3. The van der Waals surface area contributed by atoms with Gasteiger partial charge in [0, 0.05) is 60.9 Å². The number of H-pyrrole nitrogens is 1. The largest absolute Gasteiger partial charge is 0.496 e. The Morgan fingerprint density at radius 2 is 2.00 bits per heavy atom. The van der Waals surface area contributed by atoms with Crippen molar-refractivity contribution in [3.05, 3.63) is 64.8 Å². The van der Waals surface area contributed by atoms with Gasteiger partial charge in [0.2, 0.25) is 0 Å². The number of aromatic carboxylic acids is 1. The Bertz CT molecular complexity index is 1140. The number of halogens is 1. The van der Waals surface area contributed by atoms with E-state index in [1.165, 1.54) is 0 Å². The highest BCUT2D eigenvalue weighted by Crippen LogP contribution is 2.38. The number of nitrogens with one attached hydrogen (secondary N) is 1. The molecule has 0 saturated carbocycles. The van der Waals surface area contributed by atoms with Crippen molar-refractivity contribution in [1.82, 2.24) is 14.8 Å². The van der Waals surface area contributed by atoms with E-state index in [4.69, 9.17) is 4.74 Å². The molecule has 32 heavy (non-hydrogen) atoms. The Morgan fingerprint density at radius 3 is 2.72 bits per heavy atom. The first-order chi connectivity index (χ1) is 15.4. The summed E-state index contributed by atoms with van der Waals surface area (Å²) in [6, 6.07) is 11.5. The van der Waals surface area contributed by atoms with Crippen LogP contribution in [-0.4, -0.2) is 64.8 Å². The monoisotopic (exact) mass is 437 g/mol. The van der Waals surface area contributed by atoms with E-state index in [1.807, 2.05) is 18.3 Å².